The normalized spacial score (nSPS) is 18.8. The zero-order valence-corrected chi connectivity index (χ0v) is 40.9. The monoisotopic (exact) mass is 950 g/mol. The predicted molar refractivity (Wildman–Crippen MR) is 254 cm³/mol. The number of likely N-dealkylation sites (N-methyl/N-ethyl adjacent to an activating group) is 2. The maximum atomic E-state index is 14.1. The standard InChI is InChI=1S/C48H70N8O10S/c1-9-30(4)42(53-47(66)48(6)21-13-22-54(48)7)45(63)55(8)36(29(2)3)26-37(57)44-52-35(28-67-44)43(62)51-34(24-31(5)46(64)65)25-32-15-17-33(18-16-32)50-39(59)27-49-38(58)14-11-10-12-23-56-40(60)19-20-41(56)61/h15-20,28-31,34,36-37,42,57H,9-14,21-27H2,1-8H3,(H,49,58)(H,50,59)(H,51,62)(H,53,66)(H,64,65)/t30?,31?,34?,36?,37?,42?,48-/m1/s1. The minimum atomic E-state index is -1.11. The number of carboxylic acid groups (broad SMARTS) is 1. The number of benzene rings is 1. The van der Waals surface area contributed by atoms with Crippen molar-refractivity contribution in [2.45, 2.75) is 136 Å². The Bertz CT molecular complexity index is 2090. The number of amides is 7. The Morgan fingerprint density at radius 1 is 0.940 bits per heavy atom. The molecular formula is C48H70N8O10S. The number of unbranched alkanes of at least 4 members (excludes halogenated alkanes) is 2. The quantitative estimate of drug-likeness (QED) is 0.0578. The third kappa shape index (κ3) is 15.2. The second-order valence-corrected chi connectivity index (χ2v) is 19.5. The van der Waals surface area contributed by atoms with E-state index in [1.807, 2.05) is 46.6 Å². The summed E-state index contributed by atoms with van der Waals surface area (Å²) in [4.78, 5) is 111. The number of hydrogen-bond donors (Lipinski definition) is 6. The van der Waals surface area contributed by atoms with Crippen LogP contribution in [0.15, 0.2) is 41.8 Å². The number of nitrogens with one attached hydrogen (secondary N) is 4. The minimum absolute atomic E-state index is 0.0540. The molecule has 2 aliphatic heterocycles. The van der Waals surface area contributed by atoms with Crippen LogP contribution in [0.3, 0.4) is 0 Å². The van der Waals surface area contributed by atoms with Crippen LogP contribution in [0.1, 0.15) is 126 Å². The van der Waals surface area contributed by atoms with Crippen molar-refractivity contribution in [1.29, 1.82) is 0 Å². The van der Waals surface area contributed by atoms with E-state index in [4.69, 9.17) is 0 Å². The zero-order chi connectivity index (χ0) is 49.6. The van der Waals surface area contributed by atoms with Crippen molar-refractivity contribution in [2.24, 2.45) is 17.8 Å². The number of imide groups is 1. The molecule has 0 aliphatic carbocycles. The van der Waals surface area contributed by atoms with E-state index in [9.17, 15) is 48.6 Å². The molecule has 0 saturated carbocycles. The molecule has 0 radical (unpaired) electrons. The number of carbonyl (C=O) groups excluding carboxylic acids is 7. The maximum absolute atomic E-state index is 14.1. The molecule has 18 nitrogen and oxygen atoms in total. The molecule has 1 aromatic carbocycles. The Hall–Kier alpha value is -5.53. The van der Waals surface area contributed by atoms with Gasteiger partial charge in [0.1, 0.15) is 22.8 Å². The number of aliphatic hydroxyl groups is 1. The smallest absolute Gasteiger partial charge is 0.306 e. The molecule has 368 valence electrons. The third-order valence-corrected chi connectivity index (χ3v) is 14.1. The zero-order valence-electron chi connectivity index (χ0n) is 40.1. The van der Waals surface area contributed by atoms with Crippen molar-refractivity contribution in [1.82, 2.24) is 35.6 Å². The van der Waals surface area contributed by atoms with Gasteiger partial charge < -0.3 is 36.4 Å². The fourth-order valence-corrected chi connectivity index (χ4v) is 9.14. The van der Waals surface area contributed by atoms with Gasteiger partial charge in [0.25, 0.3) is 17.7 Å². The van der Waals surface area contributed by atoms with Gasteiger partial charge in [0.05, 0.1) is 18.0 Å². The second kappa shape index (κ2) is 25.0. The van der Waals surface area contributed by atoms with Gasteiger partial charge in [0.2, 0.25) is 23.6 Å². The Morgan fingerprint density at radius 3 is 2.21 bits per heavy atom. The van der Waals surface area contributed by atoms with Gasteiger partial charge in [-0.15, -0.1) is 11.3 Å². The average molecular weight is 951 g/mol. The lowest BCUT2D eigenvalue weighted by Gasteiger charge is -2.38. The highest BCUT2D eigenvalue weighted by molar-refractivity contribution is 7.09. The Morgan fingerprint density at radius 2 is 1.61 bits per heavy atom. The van der Waals surface area contributed by atoms with Crippen LogP contribution in [0, 0.1) is 17.8 Å². The van der Waals surface area contributed by atoms with Gasteiger partial charge in [-0.1, -0.05) is 59.6 Å². The first-order valence-electron chi connectivity index (χ1n) is 23.3. The highest BCUT2D eigenvalue weighted by Gasteiger charge is 2.44. The van der Waals surface area contributed by atoms with E-state index < -0.39 is 53.5 Å². The Labute approximate surface area is 397 Å². The van der Waals surface area contributed by atoms with Crippen LogP contribution in [0.4, 0.5) is 5.69 Å². The van der Waals surface area contributed by atoms with Crippen LogP contribution in [0.2, 0.25) is 0 Å². The maximum Gasteiger partial charge on any atom is 0.306 e. The summed E-state index contributed by atoms with van der Waals surface area (Å²) in [7, 11) is 3.61. The molecule has 19 heteroatoms. The van der Waals surface area contributed by atoms with Gasteiger partial charge in [0, 0.05) is 61.7 Å². The number of rotatable bonds is 26. The number of aliphatic carboxylic acids is 1. The first-order chi connectivity index (χ1) is 31.6. The van der Waals surface area contributed by atoms with Crippen LogP contribution >= 0.6 is 11.3 Å². The molecule has 6 unspecified atom stereocenters. The van der Waals surface area contributed by atoms with Crippen molar-refractivity contribution in [3.8, 4) is 0 Å². The summed E-state index contributed by atoms with van der Waals surface area (Å²) in [6.45, 7) is 12.1. The van der Waals surface area contributed by atoms with E-state index in [2.05, 4.69) is 26.3 Å². The number of aromatic nitrogens is 1. The van der Waals surface area contributed by atoms with Crippen LogP contribution in [-0.4, -0.2) is 135 Å². The lowest BCUT2D eigenvalue weighted by molar-refractivity contribution is -0.142. The first-order valence-corrected chi connectivity index (χ1v) is 24.2. The summed E-state index contributed by atoms with van der Waals surface area (Å²) in [5.74, 6) is -4.41. The number of anilines is 1. The second-order valence-electron chi connectivity index (χ2n) is 18.6. The van der Waals surface area contributed by atoms with Crippen LogP contribution in [-0.2, 0) is 40.0 Å². The number of nitrogens with zero attached hydrogens (tertiary/aromatic N) is 4. The van der Waals surface area contributed by atoms with E-state index in [-0.39, 0.29) is 90.8 Å². The molecule has 2 aliphatic rings. The van der Waals surface area contributed by atoms with E-state index in [0.717, 1.165) is 34.8 Å². The topological polar surface area (TPSA) is 248 Å². The fraction of sp³-hybridized carbons (Fsp3) is 0.604. The SMILES string of the molecule is CCC(C)C(NC(=O)[C@@]1(C)CCCN1C)C(=O)N(C)C(CC(O)c1nc(C(=O)NC(Cc2ccc(NC(=O)CNC(=O)CCCCCN3C(=O)C=CC3=O)cc2)CC(C)C(=O)O)cs1)C(C)C. The number of carbonyl (C=O) groups is 8. The van der Waals surface area contributed by atoms with E-state index in [0.29, 0.717) is 37.8 Å². The molecule has 1 saturated heterocycles. The minimum Gasteiger partial charge on any atom is -0.481 e. The largest absolute Gasteiger partial charge is 0.481 e. The number of thiazole rings is 1. The molecule has 2 aromatic rings. The number of likely N-dealkylation sites (tertiary alicyclic amines) is 1. The molecule has 7 atom stereocenters. The van der Waals surface area contributed by atoms with Crippen LogP contribution in [0.5, 0.6) is 0 Å². The van der Waals surface area contributed by atoms with Gasteiger partial charge in [-0.3, -0.25) is 48.2 Å². The van der Waals surface area contributed by atoms with E-state index in [1.165, 1.54) is 17.5 Å². The third-order valence-electron chi connectivity index (χ3n) is 13.1. The average Bonchev–Trinajstić information content (AvgIpc) is 4.01. The molecular weight excluding hydrogens is 881 g/mol. The van der Waals surface area contributed by atoms with Gasteiger partial charge in [0.15, 0.2) is 0 Å². The molecule has 0 spiro atoms. The number of aliphatic hydroxyl groups excluding tert-OH is 1. The van der Waals surface area contributed by atoms with Crippen molar-refractivity contribution in [2.75, 3.05) is 39.0 Å². The van der Waals surface area contributed by atoms with Crippen LogP contribution < -0.4 is 21.3 Å². The molecule has 6 N–H and O–H groups in total. The lowest BCUT2D eigenvalue weighted by atomic mass is 9.91. The van der Waals surface area contributed by atoms with E-state index in [1.54, 1.807) is 43.1 Å². The molecule has 1 fully saturated rings. The summed E-state index contributed by atoms with van der Waals surface area (Å²) >= 11 is 1.11. The highest BCUT2D eigenvalue weighted by atomic mass is 32.1. The summed E-state index contributed by atoms with van der Waals surface area (Å²) in [6, 6.07) is 5.02. The first kappa shape index (κ1) is 54.1. The Balaban J connectivity index is 1.31. The van der Waals surface area contributed by atoms with E-state index >= 15 is 0 Å². The summed E-state index contributed by atoms with van der Waals surface area (Å²) in [5.41, 5.74) is 0.574. The fourth-order valence-electron chi connectivity index (χ4n) is 8.34. The molecule has 3 heterocycles. The van der Waals surface area contributed by atoms with Gasteiger partial charge in [-0.25, -0.2) is 4.98 Å². The van der Waals surface area contributed by atoms with Crippen molar-refractivity contribution >= 4 is 64.3 Å². The van der Waals surface area contributed by atoms with Crippen molar-refractivity contribution < 1.29 is 48.6 Å². The van der Waals surface area contributed by atoms with Crippen molar-refractivity contribution in [3.05, 3.63) is 58.1 Å². The molecule has 0 bridgehead atoms. The van der Waals surface area contributed by atoms with Gasteiger partial charge >= 0.3 is 5.97 Å². The number of carboxylic acids is 1. The summed E-state index contributed by atoms with van der Waals surface area (Å²) in [6.07, 6.45) is 6.03. The molecule has 67 heavy (non-hydrogen) atoms. The molecule has 7 amide bonds. The summed E-state index contributed by atoms with van der Waals surface area (Å²) in [5, 5.41) is 34.3. The van der Waals surface area contributed by atoms with Gasteiger partial charge in [-0.2, -0.15) is 0 Å². The molecule has 4 rings (SSSR count). The van der Waals surface area contributed by atoms with Gasteiger partial charge in [-0.05, 0) is 88.6 Å². The summed E-state index contributed by atoms with van der Waals surface area (Å²) < 4.78 is 0. The Kier molecular flexibility index (Phi) is 20.2. The number of hydrogen-bond acceptors (Lipinski definition) is 12. The van der Waals surface area contributed by atoms with Crippen molar-refractivity contribution in [3.63, 3.8) is 0 Å². The highest BCUT2D eigenvalue weighted by Crippen LogP contribution is 2.30. The predicted octanol–water partition coefficient (Wildman–Crippen LogP) is 4.06. The lowest BCUT2D eigenvalue weighted by Crippen LogP contribution is -2.60. The van der Waals surface area contributed by atoms with Crippen LogP contribution in [0.25, 0.3) is 0 Å². The molecule has 1 aromatic heterocycles.